The van der Waals surface area contributed by atoms with Gasteiger partial charge >= 0.3 is 0 Å². The van der Waals surface area contributed by atoms with Crippen molar-refractivity contribution in [2.24, 2.45) is 16.8 Å². The van der Waals surface area contributed by atoms with E-state index in [1.54, 1.807) is 12.1 Å². The summed E-state index contributed by atoms with van der Waals surface area (Å²) >= 11 is 0. The zero-order chi connectivity index (χ0) is 15.8. The van der Waals surface area contributed by atoms with Crippen molar-refractivity contribution in [1.82, 2.24) is 5.32 Å². The molecule has 0 aliphatic heterocycles. The van der Waals surface area contributed by atoms with Crippen molar-refractivity contribution in [2.45, 2.75) is 33.4 Å². The van der Waals surface area contributed by atoms with Gasteiger partial charge in [0.15, 0.2) is 5.84 Å². The molecule has 0 bridgehead atoms. The maximum Gasteiger partial charge on any atom is 0.170 e. The molecule has 1 rings (SSSR count). The summed E-state index contributed by atoms with van der Waals surface area (Å²) in [6.07, 6.45) is 0. The molecule has 4 N–H and O–H groups in total. The van der Waals surface area contributed by atoms with Crippen molar-refractivity contribution in [1.29, 1.82) is 0 Å². The van der Waals surface area contributed by atoms with Gasteiger partial charge in [0.1, 0.15) is 5.82 Å². The lowest BCUT2D eigenvalue weighted by Crippen LogP contribution is -2.37. The third kappa shape index (κ3) is 5.32. The van der Waals surface area contributed by atoms with E-state index in [-0.39, 0.29) is 17.7 Å². The van der Waals surface area contributed by atoms with Crippen molar-refractivity contribution in [2.75, 3.05) is 13.2 Å². The molecule has 1 aromatic rings. The fraction of sp³-hybridized carbons (Fsp3) is 0.533. The molecule has 0 saturated heterocycles. The topological polar surface area (TPSA) is 79.9 Å². The van der Waals surface area contributed by atoms with Crippen molar-refractivity contribution in [3.05, 3.63) is 35.1 Å². The number of rotatable bonds is 8. The molecule has 0 spiro atoms. The molecule has 0 aliphatic rings. The van der Waals surface area contributed by atoms with Crippen LogP contribution < -0.4 is 11.1 Å². The predicted molar refractivity (Wildman–Crippen MR) is 80.9 cm³/mol. The number of ether oxygens (including phenoxy) is 1. The third-order valence-corrected chi connectivity index (χ3v) is 3.32. The van der Waals surface area contributed by atoms with Crippen LogP contribution in [-0.4, -0.2) is 30.3 Å². The molecule has 0 heterocycles. The number of oxime groups is 1. The van der Waals surface area contributed by atoms with E-state index in [0.717, 1.165) is 0 Å². The fourth-order valence-corrected chi connectivity index (χ4v) is 1.88. The summed E-state index contributed by atoms with van der Waals surface area (Å²) in [6.45, 7) is 7.79. The van der Waals surface area contributed by atoms with Crippen LogP contribution in [0.5, 0.6) is 0 Å². The Labute approximate surface area is 125 Å². The molecule has 0 aliphatic carbocycles. The number of amidine groups is 1. The van der Waals surface area contributed by atoms with E-state index in [1.165, 1.54) is 6.07 Å². The first-order valence-corrected chi connectivity index (χ1v) is 7.07. The van der Waals surface area contributed by atoms with Gasteiger partial charge in [-0.3, -0.25) is 0 Å². The van der Waals surface area contributed by atoms with E-state index in [1.807, 2.05) is 6.92 Å². The Morgan fingerprint density at radius 2 is 2.19 bits per heavy atom. The van der Waals surface area contributed by atoms with Crippen LogP contribution >= 0.6 is 0 Å². The Balaban J connectivity index is 2.70. The van der Waals surface area contributed by atoms with Crippen molar-refractivity contribution in [3.8, 4) is 0 Å². The van der Waals surface area contributed by atoms with Crippen LogP contribution in [0.3, 0.4) is 0 Å². The Bertz CT molecular complexity index is 478. The molecule has 1 aromatic carbocycles. The largest absolute Gasteiger partial charge is 0.409 e. The van der Waals surface area contributed by atoms with Gasteiger partial charge < -0.3 is 21.0 Å². The number of nitrogens with zero attached hydrogens (tertiary/aromatic N) is 1. The van der Waals surface area contributed by atoms with Crippen molar-refractivity contribution >= 4 is 5.84 Å². The highest BCUT2D eigenvalue weighted by molar-refractivity contribution is 5.97. The lowest BCUT2D eigenvalue weighted by atomic mass is 10.0. The minimum Gasteiger partial charge on any atom is -0.409 e. The summed E-state index contributed by atoms with van der Waals surface area (Å²) < 4.78 is 19.4. The molecule has 0 aromatic heterocycles. The van der Waals surface area contributed by atoms with Crippen molar-refractivity contribution < 1.29 is 14.3 Å². The molecular formula is C15H24FN3O2. The molecule has 0 amide bonds. The number of halogens is 1. The van der Waals surface area contributed by atoms with Crippen molar-refractivity contribution in [3.63, 3.8) is 0 Å². The Morgan fingerprint density at radius 3 is 2.71 bits per heavy atom. The highest BCUT2D eigenvalue weighted by Gasteiger charge is 2.14. The monoisotopic (exact) mass is 297 g/mol. The SMILES string of the molecule is CCOCC(NCc1ccc(/C(N)=N/O)cc1F)C(C)C. The van der Waals surface area contributed by atoms with E-state index in [4.69, 9.17) is 15.7 Å². The van der Waals surface area contributed by atoms with E-state index in [2.05, 4.69) is 24.3 Å². The van der Waals surface area contributed by atoms with Gasteiger partial charge in [0, 0.05) is 30.3 Å². The van der Waals surface area contributed by atoms with Crippen LogP contribution in [0.2, 0.25) is 0 Å². The first-order chi connectivity index (χ1) is 9.99. The van der Waals surface area contributed by atoms with Gasteiger partial charge in [0.05, 0.1) is 6.61 Å². The first-order valence-electron chi connectivity index (χ1n) is 7.07. The maximum atomic E-state index is 14.0. The molecule has 5 nitrogen and oxygen atoms in total. The normalized spacial score (nSPS) is 13.7. The lowest BCUT2D eigenvalue weighted by Gasteiger charge is -2.22. The van der Waals surface area contributed by atoms with Crippen LogP contribution in [-0.2, 0) is 11.3 Å². The van der Waals surface area contributed by atoms with Crippen LogP contribution in [0.1, 0.15) is 31.9 Å². The summed E-state index contributed by atoms with van der Waals surface area (Å²) in [5, 5.41) is 14.7. The number of benzene rings is 1. The van der Waals surface area contributed by atoms with Gasteiger partial charge in [-0.05, 0) is 18.9 Å². The summed E-state index contributed by atoms with van der Waals surface area (Å²) in [5.74, 6) is -0.105. The summed E-state index contributed by atoms with van der Waals surface area (Å²) in [6, 6.07) is 4.68. The first kappa shape index (κ1) is 17.4. The molecule has 6 heteroatoms. The van der Waals surface area contributed by atoms with Crippen LogP contribution in [0.4, 0.5) is 4.39 Å². The minimum atomic E-state index is -0.384. The third-order valence-electron chi connectivity index (χ3n) is 3.32. The molecule has 1 atom stereocenters. The lowest BCUT2D eigenvalue weighted by molar-refractivity contribution is 0.107. The average Bonchev–Trinajstić information content (AvgIpc) is 2.47. The number of hydrogen-bond acceptors (Lipinski definition) is 4. The Kier molecular flexibility index (Phi) is 7.11. The smallest absolute Gasteiger partial charge is 0.170 e. The summed E-state index contributed by atoms with van der Waals surface area (Å²) in [5.41, 5.74) is 6.32. The molecule has 118 valence electrons. The van der Waals surface area contributed by atoms with Gasteiger partial charge in [0.25, 0.3) is 0 Å². The van der Waals surface area contributed by atoms with E-state index in [9.17, 15) is 4.39 Å². The highest BCUT2D eigenvalue weighted by atomic mass is 19.1. The van der Waals surface area contributed by atoms with E-state index >= 15 is 0 Å². The fourth-order valence-electron chi connectivity index (χ4n) is 1.88. The molecule has 0 radical (unpaired) electrons. The van der Waals surface area contributed by atoms with Gasteiger partial charge in [-0.1, -0.05) is 31.1 Å². The Morgan fingerprint density at radius 1 is 1.48 bits per heavy atom. The summed E-state index contributed by atoms with van der Waals surface area (Å²) in [4.78, 5) is 0. The zero-order valence-electron chi connectivity index (χ0n) is 12.8. The number of hydrogen-bond donors (Lipinski definition) is 3. The summed E-state index contributed by atoms with van der Waals surface area (Å²) in [7, 11) is 0. The van der Waals surface area contributed by atoms with E-state index < -0.39 is 0 Å². The van der Waals surface area contributed by atoms with Crippen LogP contribution in [0, 0.1) is 11.7 Å². The van der Waals surface area contributed by atoms with Gasteiger partial charge in [-0.2, -0.15) is 0 Å². The minimum absolute atomic E-state index is 0.107. The number of nitrogens with one attached hydrogen (secondary N) is 1. The molecule has 21 heavy (non-hydrogen) atoms. The van der Waals surface area contributed by atoms with Gasteiger partial charge in [-0.15, -0.1) is 0 Å². The van der Waals surface area contributed by atoms with Gasteiger partial charge in [0.2, 0.25) is 0 Å². The second-order valence-electron chi connectivity index (χ2n) is 5.18. The van der Waals surface area contributed by atoms with Crippen LogP contribution in [0.25, 0.3) is 0 Å². The molecule has 0 fully saturated rings. The number of nitrogens with two attached hydrogens (primary N) is 1. The van der Waals surface area contributed by atoms with Gasteiger partial charge in [-0.25, -0.2) is 4.39 Å². The molecule has 1 unspecified atom stereocenters. The van der Waals surface area contributed by atoms with E-state index in [0.29, 0.717) is 36.8 Å². The average molecular weight is 297 g/mol. The quantitative estimate of drug-likeness (QED) is 0.297. The zero-order valence-corrected chi connectivity index (χ0v) is 12.8. The molecular weight excluding hydrogens is 273 g/mol. The van der Waals surface area contributed by atoms with Crippen LogP contribution in [0.15, 0.2) is 23.4 Å². The second kappa shape index (κ2) is 8.59. The standard InChI is InChI=1S/C15H24FN3O2/c1-4-21-9-14(10(2)3)18-8-12-6-5-11(7-13(12)16)15(17)19-20/h5-7,10,14,18,20H,4,8-9H2,1-3H3,(H2,17,19). The maximum absolute atomic E-state index is 14.0. The second-order valence-corrected chi connectivity index (χ2v) is 5.18. The Hall–Kier alpha value is -1.66. The molecule has 0 saturated carbocycles. The predicted octanol–water partition coefficient (Wildman–Crippen LogP) is 2.07. The highest BCUT2D eigenvalue weighted by Crippen LogP contribution is 2.12.